The van der Waals surface area contributed by atoms with Crippen molar-refractivity contribution in [3.8, 4) is 0 Å². The molecular weight excluding hydrogens is 216 g/mol. The first-order chi connectivity index (χ1) is 8.00. The highest BCUT2D eigenvalue weighted by Gasteiger charge is 2.41. The Bertz CT molecular complexity index is 467. The van der Waals surface area contributed by atoms with Crippen molar-refractivity contribution in [2.75, 3.05) is 7.11 Å². The Hall–Kier alpha value is -1.16. The molecule has 1 heterocycles. The van der Waals surface area contributed by atoms with Crippen molar-refractivity contribution >= 4 is 0 Å². The molecule has 0 unspecified atom stereocenters. The lowest BCUT2D eigenvalue weighted by Crippen LogP contribution is -2.40. The van der Waals surface area contributed by atoms with Crippen molar-refractivity contribution in [1.82, 2.24) is 9.97 Å². The van der Waals surface area contributed by atoms with Crippen molar-refractivity contribution in [3.05, 3.63) is 27.4 Å². The number of methoxy groups -OCH3 is 1. The summed E-state index contributed by atoms with van der Waals surface area (Å²) in [5.74, 6) is 0.887. The molecule has 2 rings (SSSR count). The second-order valence-corrected chi connectivity index (χ2v) is 5.12. The minimum Gasteiger partial charge on any atom is -0.370 e. The number of hydrogen-bond acceptors (Lipinski definition) is 3. The lowest BCUT2D eigenvalue weighted by molar-refractivity contribution is -0.0849. The number of H-pyrrole nitrogens is 1. The Labute approximate surface area is 101 Å². The summed E-state index contributed by atoms with van der Waals surface area (Å²) in [6.45, 7) is 5.92. The number of ether oxygens (including phenoxy) is 1. The third-order valence-corrected chi connectivity index (χ3v) is 3.71. The number of nitrogens with one attached hydrogen (secondary N) is 1. The topological polar surface area (TPSA) is 55.0 Å². The number of rotatable bonds is 3. The molecule has 0 spiro atoms. The van der Waals surface area contributed by atoms with Gasteiger partial charge in [0.25, 0.3) is 5.56 Å². The summed E-state index contributed by atoms with van der Waals surface area (Å²) in [7, 11) is 1.69. The van der Waals surface area contributed by atoms with Crippen LogP contribution in [0.3, 0.4) is 0 Å². The minimum atomic E-state index is -0.348. The predicted molar refractivity (Wildman–Crippen MR) is 66.2 cm³/mol. The minimum absolute atomic E-state index is 0.0224. The van der Waals surface area contributed by atoms with Gasteiger partial charge in [0.15, 0.2) is 0 Å². The van der Waals surface area contributed by atoms with Gasteiger partial charge in [0.2, 0.25) is 0 Å². The van der Waals surface area contributed by atoms with E-state index in [1.165, 1.54) is 0 Å². The average molecular weight is 236 g/mol. The van der Waals surface area contributed by atoms with Gasteiger partial charge < -0.3 is 9.72 Å². The molecular formula is C13H20N2O2. The van der Waals surface area contributed by atoms with Crippen molar-refractivity contribution in [2.24, 2.45) is 0 Å². The molecule has 0 bridgehead atoms. The highest BCUT2D eigenvalue weighted by atomic mass is 16.5. The summed E-state index contributed by atoms with van der Waals surface area (Å²) in [5.41, 5.74) is 1.23. The van der Waals surface area contributed by atoms with Crippen LogP contribution in [-0.2, 0) is 10.3 Å². The summed E-state index contributed by atoms with van der Waals surface area (Å²) < 4.78 is 5.54. The number of aromatic amines is 1. The van der Waals surface area contributed by atoms with E-state index in [0.717, 1.165) is 30.5 Å². The average Bonchev–Trinajstić information content (AvgIpc) is 2.14. The van der Waals surface area contributed by atoms with E-state index in [0.29, 0.717) is 5.82 Å². The largest absolute Gasteiger partial charge is 0.370 e. The Morgan fingerprint density at radius 3 is 2.41 bits per heavy atom. The molecule has 1 aromatic heterocycles. The van der Waals surface area contributed by atoms with Gasteiger partial charge in [-0.1, -0.05) is 13.8 Å². The monoisotopic (exact) mass is 236 g/mol. The van der Waals surface area contributed by atoms with E-state index in [1.807, 2.05) is 20.8 Å². The third-order valence-electron chi connectivity index (χ3n) is 3.71. The maximum Gasteiger partial charge on any atom is 0.254 e. The van der Waals surface area contributed by atoms with E-state index < -0.39 is 0 Å². The number of aryl methyl sites for hydroxylation is 1. The Balaban J connectivity index is 2.49. The van der Waals surface area contributed by atoms with Gasteiger partial charge in [0.1, 0.15) is 11.4 Å². The molecule has 4 heteroatoms. The van der Waals surface area contributed by atoms with Crippen molar-refractivity contribution in [2.45, 2.75) is 51.6 Å². The first-order valence-corrected chi connectivity index (χ1v) is 6.16. The summed E-state index contributed by atoms with van der Waals surface area (Å²) >= 11 is 0. The van der Waals surface area contributed by atoms with Crippen LogP contribution in [-0.4, -0.2) is 17.1 Å². The van der Waals surface area contributed by atoms with E-state index in [2.05, 4.69) is 9.97 Å². The van der Waals surface area contributed by atoms with E-state index in [9.17, 15) is 4.79 Å². The van der Waals surface area contributed by atoms with Crippen LogP contribution in [0.15, 0.2) is 4.79 Å². The first-order valence-electron chi connectivity index (χ1n) is 6.16. The second kappa shape index (κ2) is 4.26. The van der Waals surface area contributed by atoms with Crippen molar-refractivity contribution in [3.63, 3.8) is 0 Å². The van der Waals surface area contributed by atoms with Crippen molar-refractivity contribution in [1.29, 1.82) is 0 Å². The van der Waals surface area contributed by atoms with Crippen LogP contribution in [0.2, 0.25) is 0 Å². The molecule has 1 aliphatic rings. The summed E-state index contributed by atoms with van der Waals surface area (Å²) in [5, 5.41) is 0. The molecule has 1 saturated carbocycles. The summed E-state index contributed by atoms with van der Waals surface area (Å²) in [4.78, 5) is 19.5. The molecule has 1 aliphatic carbocycles. The van der Waals surface area contributed by atoms with E-state index >= 15 is 0 Å². The Morgan fingerprint density at radius 2 is 2.06 bits per heavy atom. The van der Waals surface area contributed by atoms with Gasteiger partial charge in [-0.05, 0) is 32.1 Å². The number of hydrogen-bond donors (Lipinski definition) is 1. The molecule has 1 fully saturated rings. The van der Waals surface area contributed by atoms with Gasteiger partial charge in [-0.15, -0.1) is 0 Å². The van der Waals surface area contributed by atoms with Crippen LogP contribution < -0.4 is 5.56 Å². The smallest absolute Gasteiger partial charge is 0.254 e. The Morgan fingerprint density at radius 1 is 1.41 bits per heavy atom. The molecule has 0 aliphatic heterocycles. The zero-order chi connectivity index (χ0) is 12.6. The fourth-order valence-electron chi connectivity index (χ4n) is 2.53. The lowest BCUT2D eigenvalue weighted by Gasteiger charge is -2.39. The van der Waals surface area contributed by atoms with Gasteiger partial charge in [-0.2, -0.15) is 0 Å². The van der Waals surface area contributed by atoms with Gasteiger partial charge in [0, 0.05) is 18.4 Å². The first kappa shape index (κ1) is 12.3. The number of nitrogens with zero attached hydrogens (tertiary/aromatic N) is 1. The molecule has 0 aromatic carbocycles. The fourth-order valence-corrected chi connectivity index (χ4v) is 2.53. The van der Waals surface area contributed by atoms with Crippen LogP contribution in [0.1, 0.15) is 56.1 Å². The van der Waals surface area contributed by atoms with Crippen molar-refractivity contribution < 1.29 is 4.74 Å². The van der Waals surface area contributed by atoms with Crippen LogP contribution in [0.25, 0.3) is 0 Å². The predicted octanol–water partition coefficient (Wildman–Crippen LogP) is 2.23. The van der Waals surface area contributed by atoms with Gasteiger partial charge in [-0.25, -0.2) is 4.98 Å². The highest BCUT2D eigenvalue weighted by molar-refractivity contribution is 5.22. The molecule has 0 amide bonds. The van der Waals surface area contributed by atoms with Crippen LogP contribution in [0.5, 0.6) is 0 Å². The quantitative estimate of drug-likeness (QED) is 0.875. The Kier molecular flexibility index (Phi) is 3.08. The molecule has 4 nitrogen and oxygen atoms in total. The van der Waals surface area contributed by atoms with Crippen LogP contribution in [0.4, 0.5) is 0 Å². The lowest BCUT2D eigenvalue weighted by atomic mass is 9.79. The molecule has 0 radical (unpaired) electrons. The van der Waals surface area contributed by atoms with E-state index in [-0.39, 0.29) is 17.1 Å². The van der Waals surface area contributed by atoms with Gasteiger partial charge in [0.05, 0.1) is 0 Å². The molecule has 17 heavy (non-hydrogen) atoms. The number of aromatic nitrogens is 2. The zero-order valence-electron chi connectivity index (χ0n) is 11.0. The maximum atomic E-state index is 12.1. The van der Waals surface area contributed by atoms with E-state index in [4.69, 9.17) is 4.74 Å². The zero-order valence-corrected chi connectivity index (χ0v) is 11.0. The standard InChI is InChI=1S/C13H20N2O2/c1-8(2)10-9(3)14-12(15-11(10)16)13(17-4)6-5-7-13/h8H,5-7H2,1-4H3,(H,14,15,16). The fraction of sp³-hybridized carbons (Fsp3) is 0.692. The second-order valence-electron chi connectivity index (χ2n) is 5.12. The SMILES string of the molecule is COC1(c2nc(C)c(C(C)C)c(=O)[nH]2)CCC1. The van der Waals surface area contributed by atoms with Crippen LogP contribution in [0, 0.1) is 6.92 Å². The molecule has 0 saturated heterocycles. The summed E-state index contributed by atoms with van der Waals surface area (Å²) in [6, 6.07) is 0. The molecule has 0 atom stereocenters. The van der Waals surface area contributed by atoms with Gasteiger partial charge in [-0.3, -0.25) is 4.79 Å². The molecule has 94 valence electrons. The molecule has 1 N–H and O–H groups in total. The van der Waals surface area contributed by atoms with Crippen LogP contribution >= 0.6 is 0 Å². The third kappa shape index (κ3) is 1.90. The highest BCUT2D eigenvalue weighted by Crippen LogP contribution is 2.42. The maximum absolute atomic E-state index is 12.1. The summed E-state index contributed by atoms with van der Waals surface area (Å²) in [6.07, 6.45) is 3.00. The molecule has 1 aromatic rings. The normalized spacial score (nSPS) is 18.2. The van der Waals surface area contributed by atoms with E-state index in [1.54, 1.807) is 7.11 Å². The van der Waals surface area contributed by atoms with Gasteiger partial charge >= 0.3 is 0 Å².